The first-order valence-electron chi connectivity index (χ1n) is 8.42. The SMILES string of the molecule is CCCCCOCOC=CCCCCC(OCC)OCC. The molecular weight excluding hydrogens is 268 g/mol. The van der Waals surface area contributed by atoms with E-state index in [2.05, 4.69) is 6.92 Å². The molecule has 0 fully saturated rings. The van der Waals surface area contributed by atoms with Crippen LogP contribution in [0.5, 0.6) is 0 Å². The fraction of sp³-hybridized carbons (Fsp3) is 0.882. The van der Waals surface area contributed by atoms with Crippen LogP contribution in [0, 0.1) is 0 Å². The summed E-state index contributed by atoms with van der Waals surface area (Å²) in [4.78, 5) is 0. The van der Waals surface area contributed by atoms with Gasteiger partial charge in [-0.3, -0.25) is 0 Å². The summed E-state index contributed by atoms with van der Waals surface area (Å²) in [6.07, 6.45) is 11.5. The van der Waals surface area contributed by atoms with Crippen molar-refractivity contribution in [3.8, 4) is 0 Å². The molecule has 0 aliphatic heterocycles. The number of allylic oxidation sites excluding steroid dienone is 1. The summed E-state index contributed by atoms with van der Waals surface area (Å²) >= 11 is 0. The van der Waals surface area contributed by atoms with E-state index in [4.69, 9.17) is 18.9 Å². The van der Waals surface area contributed by atoms with Gasteiger partial charge in [0.2, 0.25) is 0 Å². The summed E-state index contributed by atoms with van der Waals surface area (Å²) in [6.45, 7) is 8.74. The zero-order valence-corrected chi connectivity index (χ0v) is 14.1. The van der Waals surface area contributed by atoms with Gasteiger partial charge in [0, 0.05) is 13.2 Å². The Labute approximate surface area is 130 Å². The summed E-state index contributed by atoms with van der Waals surface area (Å²) in [5.74, 6) is 0. The summed E-state index contributed by atoms with van der Waals surface area (Å²) in [5.41, 5.74) is 0. The molecule has 0 aromatic rings. The third kappa shape index (κ3) is 15.6. The van der Waals surface area contributed by atoms with Gasteiger partial charge in [-0.15, -0.1) is 0 Å². The first-order valence-corrected chi connectivity index (χ1v) is 8.42. The van der Waals surface area contributed by atoms with Crippen molar-refractivity contribution >= 4 is 0 Å². The molecule has 0 amide bonds. The van der Waals surface area contributed by atoms with E-state index in [9.17, 15) is 0 Å². The van der Waals surface area contributed by atoms with Crippen molar-refractivity contribution in [2.45, 2.75) is 72.0 Å². The fourth-order valence-electron chi connectivity index (χ4n) is 1.90. The predicted molar refractivity (Wildman–Crippen MR) is 86.1 cm³/mol. The van der Waals surface area contributed by atoms with Crippen LogP contribution in [0.3, 0.4) is 0 Å². The Bertz CT molecular complexity index is 213. The van der Waals surface area contributed by atoms with Crippen molar-refractivity contribution in [2.75, 3.05) is 26.6 Å². The number of unbranched alkanes of at least 4 members (excludes halogenated alkanes) is 4. The molecule has 0 bridgehead atoms. The maximum Gasteiger partial charge on any atom is 0.188 e. The first kappa shape index (κ1) is 20.4. The van der Waals surface area contributed by atoms with E-state index in [0.717, 1.165) is 38.7 Å². The quantitative estimate of drug-likeness (QED) is 0.236. The van der Waals surface area contributed by atoms with Gasteiger partial charge in [-0.25, -0.2) is 0 Å². The van der Waals surface area contributed by atoms with Gasteiger partial charge in [0.05, 0.1) is 12.9 Å². The minimum Gasteiger partial charge on any atom is -0.475 e. The Hall–Kier alpha value is -0.580. The zero-order valence-electron chi connectivity index (χ0n) is 14.1. The lowest BCUT2D eigenvalue weighted by atomic mass is 10.2. The third-order valence-electron chi connectivity index (χ3n) is 3.00. The van der Waals surface area contributed by atoms with Gasteiger partial charge in [0.25, 0.3) is 0 Å². The lowest BCUT2D eigenvalue weighted by Gasteiger charge is -2.16. The van der Waals surface area contributed by atoms with Crippen LogP contribution in [-0.2, 0) is 18.9 Å². The Kier molecular flexibility index (Phi) is 17.0. The van der Waals surface area contributed by atoms with Gasteiger partial charge < -0.3 is 18.9 Å². The third-order valence-corrected chi connectivity index (χ3v) is 3.00. The summed E-state index contributed by atoms with van der Waals surface area (Å²) in [7, 11) is 0. The van der Waals surface area contributed by atoms with Gasteiger partial charge in [-0.05, 0) is 52.0 Å². The molecular formula is C17H34O4. The first-order chi connectivity index (χ1) is 10.3. The second-order valence-electron chi connectivity index (χ2n) is 4.90. The van der Waals surface area contributed by atoms with E-state index < -0.39 is 0 Å². The van der Waals surface area contributed by atoms with Gasteiger partial charge in [0.15, 0.2) is 13.1 Å². The summed E-state index contributed by atoms with van der Waals surface area (Å²) < 4.78 is 21.6. The maximum atomic E-state index is 5.50. The Morgan fingerprint density at radius 1 is 0.905 bits per heavy atom. The predicted octanol–water partition coefficient (Wildman–Crippen LogP) is 4.64. The van der Waals surface area contributed by atoms with Crippen LogP contribution >= 0.6 is 0 Å². The van der Waals surface area contributed by atoms with E-state index in [0.29, 0.717) is 20.0 Å². The van der Waals surface area contributed by atoms with Gasteiger partial charge in [0.1, 0.15) is 0 Å². The molecule has 4 nitrogen and oxygen atoms in total. The largest absolute Gasteiger partial charge is 0.475 e. The van der Waals surface area contributed by atoms with Crippen molar-refractivity contribution in [3.63, 3.8) is 0 Å². The lowest BCUT2D eigenvalue weighted by Crippen LogP contribution is -2.17. The minimum atomic E-state index is -0.0447. The molecule has 0 rings (SSSR count). The van der Waals surface area contributed by atoms with Crippen molar-refractivity contribution in [1.82, 2.24) is 0 Å². The average molecular weight is 302 g/mol. The van der Waals surface area contributed by atoms with Crippen LogP contribution in [0.1, 0.15) is 65.7 Å². The second kappa shape index (κ2) is 17.5. The molecule has 0 saturated carbocycles. The van der Waals surface area contributed by atoms with Gasteiger partial charge >= 0.3 is 0 Å². The Morgan fingerprint density at radius 2 is 1.67 bits per heavy atom. The highest BCUT2D eigenvalue weighted by Gasteiger charge is 2.06. The lowest BCUT2D eigenvalue weighted by molar-refractivity contribution is -0.140. The van der Waals surface area contributed by atoms with E-state index in [-0.39, 0.29) is 6.29 Å². The average Bonchev–Trinajstić information content (AvgIpc) is 2.48. The van der Waals surface area contributed by atoms with E-state index in [1.54, 1.807) is 6.26 Å². The normalized spacial score (nSPS) is 11.6. The highest BCUT2D eigenvalue weighted by Crippen LogP contribution is 2.08. The van der Waals surface area contributed by atoms with Crippen LogP contribution in [-0.4, -0.2) is 32.9 Å². The molecule has 0 saturated heterocycles. The minimum absolute atomic E-state index is 0.0447. The van der Waals surface area contributed by atoms with Crippen molar-refractivity contribution < 1.29 is 18.9 Å². The molecule has 0 spiro atoms. The molecule has 0 aliphatic rings. The molecule has 0 unspecified atom stereocenters. The van der Waals surface area contributed by atoms with Crippen LogP contribution < -0.4 is 0 Å². The zero-order chi connectivity index (χ0) is 15.6. The van der Waals surface area contributed by atoms with E-state index in [1.807, 2.05) is 19.9 Å². The smallest absolute Gasteiger partial charge is 0.188 e. The van der Waals surface area contributed by atoms with Crippen LogP contribution in [0.4, 0.5) is 0 Å². The maximum absolute atomic E-state index is 5.50. The molecule has 0 aromatic carbocycles. The Morgan fingerprint density at radius 3 is 2.33 bits per heavy atom. The topological polar surface area (TPSA) is 36.9 Å². The number of hydrogen-bond acceptors (Lipinski definition) is 4. The molecule has 0 aromatic heterocycles. The molecule has 126 valence electrons. The van der Waals surface area contributed by atoms with Crippen molar-refractivity contribution in [2.24, 2.45) is 0 Å². The summed E-state index contributed by atoms with van der Waals surface area (Å²) in [5, 5.41) is 0. The molecule has 0 atom stereocenters. The summed E-state index contributed by atoms with van der Waals surface area (Å²) in [6, 6.07) is 0. The van der Waals surface area contributed by atoms with E-state index in [1.165, 1.54) is 12.8 Å². The number of ether oxygens (including phenoxy) is 4. The van der Waals surface area contributed by atoms with E-state index >= 15 is 0 Å². The Balaban J connectivity index is 3.31. The molecule has 0 radical (unpaired) electrons. The monoisotopic (exact) mass is 302 g/mol. The highest BCUT2D eigenvalue weighted by molar-refractivity contribution is 4.72. The van der Waals surface area contributed by atoms with Gasteiger partial charge in [-0.2, -0.15) is 0 Å². The highest BCUT2D eigenvalue weighted by atomic mass is 16.7. The van der Waals surface area contributed by atoms with Gasteiger partial charge in [-0.1, -0.05) is 19.8 Å². The molecule has 0 aliphatic carbocycles. The van der Waals surface area contributed by atoms with Crippen molar-refractivity contribution in [3.05, 3.63) is 12.3 Å². The molecule has 0 heterocycles. The second-order valence-corrected chi connectivity index (χ2v) is 4.90. The van der Waals surface area contributed by atoms with Crippen LogP contribution in [0.2, 0.25) is 0 Å². The number of hydrogen-bond donors (Lipinski definition) is 0. The fourth-order valence-corrected chi connectivity index (χ4v) is 1.90. The molecule has 21 heavy (non-hydrogen) atoms. The van der Waals surface area contributed by atoms with Crippen molar-refractivity contribution in [1.29, 1.82) is 0 Å². The van der Waals surface area contributed by atoms with Crippen LogP contribution in [0.15, 0.2) is 12.3 Å². The number of rotatable bonds is 16. The standard InChI is InChI=1S/C17H34O4/c1-4-7-11-14-18-16-19-15-12-9-8-10-13-17(20-5-2)21-6-3/h12,15,17H,4-11,13-14,16H2,1-3H3. The molecule has 4 heteroatoms. The van der Waals surface area contributed by atoms with Crippen LogP contribution in [0.25, 0.3) is 0 Å². The molecule has 0 N–H and O–H groups in total.